The normalized spacial score (nSPS) is 11.1. The molecule has 0 spiro atoms. The minimum Gasteiger partial charge on any atom is -0.493 e. The molecule has 0 heterocycles. The molecule has 3 amide bonds. The zero-order chi connectivity index (χ0) is 27.5. The van der Waals surface area contributed by atoms with Crippen LogP contribution in [0.25, 0.3) is 0 Å². The van der Waals surface area contributed by atoms with Gasteiger partial charge in [0.05, 0.1) is 21.3 Å². The van der Waals surface area contributed by atoms with Gasteiger partial charge in [0.15, 0.2) is 11.5 Å². The summed E-state index contributed by atoms with van der Waals surface area (Å²) < 4.78 is 21.5. The number of carbonyl (C=O) groups excluding carboxylic acids is 3. The molecule has 3 N–H and O–H groups in total. The van der Waals surface area contributed by atoms with Gasteiger partial charge in [0.25, 0.3) is 5.91 Å². The molecular weight excluding hydrogens is 490 g/mol. The predicted molar refractivity (Wildman–Crippen MR) is 142 cm³/mol. The summed E-state index contributed by atoms with van der Waals surface area (Å²) >= 11 is 0. The molecule has 0 fully saturated rings. The summed E-state index contributed by atoms with van der Waals surface area (Å²) in [5.41, 5.74) is 5.54. The SMILES string of the molecule is COc1cc(C(=O)NNC(=O)CC(C)CC(=O)Nc2ccc(Oc3ccccc3)cc2)cc(OC)c1OC. The Labute approximate surface area is 221 Å². The van der Waals surface area contributed by atoms with Gasteiger partial charge in [-0.3, -0.25) is 25.2 Å². The Hall–Kier alpha value is -4.73. The molecule has 1 unspecified atom stereocenters. The quantitative estimate of drug-likeness (QED) is 0.321. The second-order valence-corrected chi connectivity index (χ2v) is 8.42. The Morgan fingerprint density at radius 3 is 1.89 bits per heavy atom. The maximum absolute atomic E-state index is 12.5. The number of hydrazine groups is 1. The van der Waals surface area contributed by atoms with Crippen molar-refractivity contribution >= 4 is 23.4 Å². The van der Waals surface area contributed by atoms with E-state index in [1.54, 1.807) is 31.2 Å². The topological polar surface area (TPSA) is 124 Å². The Morgan fingerprint density at radius 2 is 1.32 bits per heavy atom. The first-order valence-electron chi connectivity index (χ1n) is 11.8. The Balaban J connectivity index is 1.44. The van der Waals surface area contributed by atoms with E-state index in [2.05, 4.69) is 16.2 Å². The standard InChI is InChI=1S/C28H31N3O7/c1-18(14-25(32)29-20-10-12-22(13-11-20)38-21-8-6-5-7-9-21)15-26(33)30-31-28(34)19-16-23(35-2)27(37-4)24(17-19)36-3/h5-13,16-18H,14-15H2,1-4H3,(H,29,32)(H,30,33)(H,31,34). The summed E-state index contributed by atoms with van der Waals surface area (Å²) in [4.78, 5) is 37.3. The number of hydrogen-bond donors (Lipinski definition) is 3. The van der Waals surface area contributed by atoms with Gasteiger partial charge in [-0.25, -0.2) is 0 Å². The van der Waals surface area contributed by atoms with E-state index < -0.39 is 11.8 Å². The molecule has 3 aromatic rings. The van der Waals surface area contributed by atoms with Crippen molar-refractivity contribution in [1.82, 2.24) is 10.9 Å². The van der Waals surface area contributed by atoms with Gasteiger partial charge in [-0.05, 0) is 54.4 Å². The van der Waals surface area contributed by atoms with Crippen molar-refractivity contribution in [3.8, 4) is 28.7 Å². The van der Waals surface area contributed by atoms with E-state index in [1.165, 1.54) is 33.5 Å². The molecule has 0 aliphatic heterocycles. The maximum atomic E-state index is 12.5. The van der Waals surface area contributed by atoms with Crippen molar-refractivity contribution in [3.05, 3.63) is 72.3 Å². The van der Waals surface area contributed by atoms with Crippen molar-refractivity contribution in [2.45, 2.75) is 19.8 Å². The Bertz CT molecular complexity index is 1220. The molecule has 10 nitrogen and oxygen atoms in total. The highest BCUT2D eigenvalue weighted by Gasteiger charge is 2.18. The second-order valence-electron chi connectivity index (χ2n) is 8.42. The molecule has 0 saturated heterocycles. The third-order valence-electron chi connectivity index (χ3n) is 5.43. The first kappa shape index (κ1) is 27.9. The van der Waals surface area contributed by atoms with Crippen LogP contribution in [0.4, 0.5) is 5.69 Å². The number of rotatable bonds is 11. The molecule has 10 heteroatoms. The minimum atomic E-state index is -0.567. The van der Waals surface area contributed by atoms with E-state index in [-0.39, 0.29) is 30.2 Å². The summed E-state index contributed by atoms with van der Waals surface area (Å²) in [6.45, 7) is 1.77. The molecule has 200 valence electrons. The van der Waals surface area contributed by atoms with Gasteiger partial charge in [-0.1, -0.05) is 25.1 Å². The fourth-order valence-corrected chi connectivity index (χ4v) is 3.61. The lowest BCUT2D eigenvalue weighted by Gasteiger charge is -2.15. The zero-order valence-electron chi connectivity index (χ0n) is 21.7. The lowest BCUT2D eigenvalue weighted by Crippen LogP contribution is -2.42. The van der Waals surface area contributed by atoms with Crippen LogP contribution in [0.5, 0.6) is 28.7 Å². The number of ether oxygens (including phenoxy) is 4. The van der Waals surface area contributed by atoms with E-state index in [4.69, 9.17) is 18.9 Å². The summed E-state index contributed by atoms with van der Waals surface area (Å²) in [6, 6.07) is 19.3. The molecule has 0 bridgehead atoms. The number of carbonyl (C=O) groups is 3. The fourth-order valence-electron chi connectivity index (χ4n) is 3.61. The average molecular weight is 522 g/mol. The lowest BCUT2D eigenvalue weighted by molar-refractivity contribution is -0.123. The molecule has 1 atom stereocenters. The largest absolute Gasteiger partial charge is 0.493 e. The summed E-state index contributed by atoms with van der Waals surface area (Å²) in [7, 11) is 4.33. The molecule has 0 aliphatic carbocycles. The number of hydrogen-bond acceptors (Lipinski definition) is 7. The fraction of sp³-hybridized carbons (Fsp3) is 0.250. The third-order valence-corrected chi connectivity index (χ3v) is 5.43. The van der Waals surface area contributed by atoms with Gasteiger partial charge in [0.2, 0.25) is 17.6 Å². The summed E-state index contributed by atoms with van der Waals surface area (Å²) in [6.07, 6.45) is 0.156. The molecule has 3 rings (SSSR count). The first-order chi connectivity index (χ1) is 18.3. The molecule has 3 aromatic carbocycles. The van der Waals surface area contributed by atoms with E-state index in [0.29, 0.717) is 28.7 Å². The number of nitrogens with one attached hydrogen (secondary N) is 3. The second kappa shape index (κ2) is 13.5. The molecule has 0 aromatic heterocycles. The van der Waals surface area contributed by atoms with Crippen LogP contribution in [-0.4, -0.2) is 39.1 Å². The molecular formula is C28H31N3O7. The van der Waals surface area contributed by atoms with Crippen molar-refractivity contribution in [3.63, 3.8) is 0 Å². The average Bonchev–Trinajstić information content (AvgIpc) is 2.92. The van der Waals surface area contributed by atoms with Gasteiger partial charge in [-0.2, -0.15) is 0 Å². The minimum absolute atomic E-state index is 0.0345. The zero-order valence-corrected chi connectivity index (χ0v) is 21.7. The van der Waals surface area contributed by atoms with E-state index in [0.717, 1.165) is 5.75 Å². The molecule has 0 saturated carbocycles. The first-order valence-corrected chi connectivity index (χ1v) is 11.8. The van der Waals surface area contributed by atoms with Crippen LogP contribution in [0, 0.1) is 5.92 Å². The number of anilines is 1. The highest BCUT2D eigenvalue weighted by Crippen LogP contribution is 2.38. The van der Waals surface area contributed by atoms with Crippen molar-refractivity contribution in [1.29, 1.82) is 0 Å². The van der Waals surface area contributed by atoms with Crippen LogP contribution in [-0.2, 0) is 9.59 Å². The van der Waals surface area contributed by atoms with E-state index in [1.807, 2.05) is 30.3 Å². The molecule has 38 heavy (non-hydrogen) atoms. The van der Waals surface area contributed by atoms with E-state index in [9.17, 15) is 14.4 Å². The van der Waals surface area contributed by atoms with Gasteiger partial charge in [-0.15, -0.1) is 0 Å². The molecule has 0 radical (unpaired) electrons. The number of methoxy groups -OCH3 is 3. The number of benzene rings is 3. The van der Waals surface area contributed by atoms with Gasteiger partial charge in [0.1, 0.15) is 11.5 Å². The molecule has 0 aliphatic rings. The Kier molecular flexibility index (Phi) is 9.93. The van der Waals surface area contributed by atoms with Crippen LogP contribution in [0.3, 0.4) is 0 Å². The monoisotopic (exact) mass is 521 g/mol. The van der Waals surface area contributed by atoms with Crippen LogP contribution in [0.1, 0.15) is 30.1 Å². The van der Waals surface area contributed by atoms with Crippen LogP contribution in [0.15, 0.2) is 66.7 Å². The van der Waals surface area contributed by atoms with Crippen molar-refractivity contribution in [2.24, 2.45) is 5.92 Å². The van der Waals surface area contributed by atoms with Gasteiger partial charge >= 0.3 is 0 Å². The number of para-hydroxylation sites is 1. The summed E-state index contributed by atoms with van der Waals surface area (Å²) in [5, 5.41) is 2.81. The van der Waals surface area contributed by atoms with Crippen molar-refractivity contribution < 1.29 is 33.3 Å². The predicted octanol–water partition coefficient (Wildman–Crippen LogP) is 4.32. The van der Waals surface area contributed by atoms with Gasteiger partial charge in [0, 0.05) is 24.1 Å². The van der Waals surface area contributed by atoms with Crippen LogP contribution >= 0.6 is 0 Å². The number of amides is 3. The van der Waals surface area contributed by atoms with E-state index >= 15 is 0 Å². The lowest BCUT2D eigenvalue weighted by atomic mass is 10.0. The smallest absolute Gasteiger partial charge is 0.269 e. The Morgan fingerprint density at radius 1 is 0.737 bits per heavy atom. The van der Waals surface area contributed by atoms with Crippen molar-refractivity contribution in [2.75, 3.05) is 26.6 Å². The van der Waals surface area contributed by atoms with Crippen LogP contribution in [0.2, 0.25) is 0 Å². The maximum Gasteiger partial charge on any atom is 0.269 e. The summed E-state index contributed by atoms with van der Waals surface area (Å²) in [5.74, 6) is 0.819. The van der Waals surface area contributed by atoms with Crippen LogP contribution < -0.4 is 35.1 Å². The van der Waals surface area contributed by atoms with Gasteiger partial charge < -0.3 is 24.3 Å². The highest BCUT2D eigenvalue weighted by atomic mass is 16.5. The highest BCUT2D eigenvalue weighted by molar-refractivity contribution is 5.97. The third kappa shape index (κ3) is 7.89.